The smallest absolute Gasteiger partial charge is 0.225 e. The molecule has 0 bridgehead atoms. The SMILES string of the molecule is c1cc(C2CCCC2)nc(N2CCO[C@]3(CNCCOC3)C2)n1. The van der Waals surface area contributed by atoms with Gasteiger partial charge in [-0.1, -0.05) is 12.8 Å². The summed E-state index contributed by atoms with van der Waals surface area (Å²) < 4.78 is 11.8. The Morgan fingerprint density at radius 1 is 1.26 bits per heavy atom. The summed E-state index contributed by atoms with van der Waals surface area (Å²) in [6.45, 7) is 5.42. The van der Waals surface area contributed by atoms with Crippen molar-refractivity contribution in [1.29, 1.82) is 0 Å². The van der Waals surface area contributed by atoms with E-state index in [-0.39, 0.29) is 5.60 Å². The molecule has 6 heteroatoms. The number of hydrogen-bond acceptors (Lipinski definition) is 6. The minimum Gasteiger partial charge on any atom is -0.377 e. The Morgan fingerprint density at radius 2 is 2.17 bits per heavy atom. The van der Waals surface area contributed by atoms with Gasteiger partial charge in [-0.15, -0.1) is 0 Å². The first kappa shape index (κ1) is 15.3. The topological polar surface area (TPSA) is 59.5 Å². The van der Waals surface area contributed by atoms with Crippen molar-refractivity contribution in [3.8, 4) is 0 Å². The van der Waals surface area contributed by atoms with Crippen LogP contribution in [0.3, 0.4) is 0 Å². The molecule has 0 radical (unpaired) electrons. The molecule has 1 aromatic heterocycles. The molecule has 6 nitrogen and oxygen atoms in total. The molecule has 1 atom stereocenters. The van der Waals surface area contributed by atoms with Crippen molar-refractivity contribution in [2.75, 3.05) is 50.9 Å². The first-order chi connectivity index (χ1) is 11.3. The van der Waals surface area contributed by atoms with Crippen LogP contribution in [0.4, 0.5) is 5.95 Å². The van der Waals surface area contributed by atoms with Gasteiger partial charge in [-0.05, 0) is 18.9 Å². The number of hydrogen-bond donors (Lipinski definition) is 1. The summed E-state index contributed by atoms with van der Waals surface area (Å²) in [6.07, 6.45) is 7.10. The van der Waals surface area contributed by atoms with Gasteiger partial charge in [0.1, 0.15) is 5.60 Å². The summed E-state index contributed by atoms with van der Waals surface area (Å²) in [7, 11) is 0. The minimum absolute atomic E-state index is 0.276. The number of nitrogens with one attached hydrogen (secondary N) is 1. The molecule has 126 valence electrons. The first-order valence-electron chi connectivity index (χ1n) is 8.85. The third kappa shape index (κ3) is 3.34. The highest BCUT2D eigenvalue weighted by Gasteiger charge is 2.39. The molecular weight excluding hydrogens is 292 g/mol. The Balaban J connectivity index is 1.51. The average molecular weight is 318 g/mol. The van der Waals surface area contributed by atoms with Crippen LogP contribution in [-0.2, 0) is 9.47 Å². The Morgan fingerprint density at radius 3 is 3.09 bits per heavy atom. The third-order valence-electron chi connectivity index (χ3n) is 5.20. The number of morpholine rings is 1. The van der Waals surface area contributed by atoms with E-state index in [4.69, 9.17) is 14.5 Å². The molecule has 0 aromatic carbocycles. The van der Waals surface area contributed by atoms with Crippen LogP contribution in [-0.4, -0.2) is 61.6 Å². The van der Waals surface area contributed by atoms with Gasteiger partial charge >= 0.3 is 0 Å². The summed E-state index contributed by atoms with van der Waals surface area (Å²) in [4.78, 5) is 11.7. The highest BCUT2D eigenvalue weighted by atomic mass is 16.5. The minimum atomic E-state index is -0.276. The van der Waals surface area contributed by atoms with E-state index in [9.17, 15) is 0 Å². The van der Waals surface area contributed by atoms with E-state index < -0.39 is 0 Å². The van der Waals surface area contributed by atoms with Crippen molar-refractivity contribution in [3.05, 3.63) is 18.0 Å². The highest BCUT2D eigenvalue weighted by Crippen LogP contribution is 2.33. The Labute approximate surface area is 137 Å². The van der Waals surface area contributed by atoms with Gasteiger partial charge in [-0.25, -0.2) is 9.97 Å². The normalized spacial score (nSPS) is 29.8. The molecule has 3 heterocycles. The molecule has 3 aliphatic rings. The summed E-state index contributed by atoms with van der Waals surface area (Å²) >= 11 is 0. The lowest BCUT2D eigenvalue weighted by atomic mass is 10.0. The second-order valence-electron chi connectivity index (χ2n) is 6.95. The van der Waals surface area contributed by atoms with E-state index >= 15 is 0 Å². The molecule has 3 fully saturated rings. The van der Waals surface area contributed by atoms with Crippen LogP contribution >= 0.6 is 0 Å². The van der Waals surface area contributed by atoms with Gasteiger partial charge in [-0.2, -0.15) is 0 Å². The Hall–Kier alpha value is -1.24. The lowest BCUT2D eigenvalue weighted by Gasteiger charge is -2.41. The van der Waals surface area contributed by atoms with E-state index in [2.05, 4.69) is 21.3 Å². The van der Waals surface area contributed by atoms with Gasteiger partial charge in [-0.3, -0.25) is 0 Å². The Bertz CT molecular complexity index is 525. The van der Waals surface area contributed by atoms with Crippen molar-refractivity contribution < 1.29 is 9.47 Å². The highest BCUT2D eigenvalue weighted by molar-refractivity contribution is 5.33. The second kappa shape index (κ2) is 6.71. The van der Waals surface area contributed by atoms with Crippen LogP contribution in [0.2, 0.25) is 0 Å². The standard InChI is InChI=1S/C17H26N4O2/c1-2-4-14(3-1)15-5-6-19-16(20-15)21-8-10-23-17(12-21)11-18-7-9-22-13-17/h5-6,14,18H,1-4,7-13H2/t17-/m1/s1. The zero-order valence-corrected chi connectivity index (χ0v) is 13.7. The maximum absolute atomic E-state index is 6.08. The molecule has 0 unspecified atom stereocenters. The molecule has 0 amide bonds. The number of aromatic nitrogens is 2. The first-order valence-corrected chi connectivity index (χ1v) is 8.85. The molecule has 1 N–H and O–H groups in total. The van der Waals surface area contributed by atoms with E-state index in [1.807, 2.05) is 6.20 Å². The zero-order valence-electron chi connectivity index (χ0n) is 13.7. The maximum atomic E-state index is 6.08. The largest absolute Gasteiger partial charge is 0.377 e. The number of nitrogens with zero attached hydrogens (tertiary/aromatic N) is 3. The fraction of sp³-hybridized carbons (Fsp3) is 0.765. The quantitative estimate of drug-likeness (QED) is 0.888. The fourth-order valence-electron chi connectivity index (χ4n) is 3.94. The zero-order chi connectivity index (χ0) is 15.5. The lowest BCUT2D eigenvalue weighted by molar-refractivity contribution is -0.0915. The summed E-state index contributed by atoms with van der Waals surface area (Å²) in [5, 5.41) is 3.42. The fourth-order valence-corrected chi connectivity index (χ4v) is 3.94. The van der Waals surface area contributed by atoms with E-state index in [0.29, 0.717) is 19.1 Å². The predicted octanol–water partition coefficient (Wildman–Crippen LogP) is 1.33. The molecule has 1 spiro atoms. The van der Waals surface area contributed by atoms with Gasteiger partial charge in [0, 0.05) is 37.4 Å². The maximum Gasteiger partial charge on any atom is 0.225 e. The molecule has 2 saturated heterocycles. The van der Waals surface area contributed by atoms with Crippen LogP contribution in [0, 0.1) is 0 Å². The third-order valence-corrected chi connectivity index (χ3v) is 5.20. The van der Waals surface area contributed by atoms with Gasteiger partial charge in [0.05, 0.1) is 26.4 Å². The summed E-state index contributed by atoms with van der Waals surface area (Å²) in [5.41, 5.74) is 0.935. The lowest BCUT2D eigenvalue weighted by Crippen LogP contribution is -2.58. The molecule has 2 aliphatic heterocycles. The average Bonchev–Trinajstić information content (AvgIpc) is 3.05. The van der Waals surface area contributed by atoms with Crippen molar-refractivity contribution in [3.63, 3.8) is 0 Å². The molecule has 1 aliphatic carbocycles. The Kier molecular flexibility index (Phi) is 4.46. The molecule has 1 saturated carbocycles. The van der Waals surface area contributed by atoms with Crippen LogP contribution < -0.4 is 10.2 Å². The van der Waals surface area contributed by atoms with Gasteiger partial charge < -0.3 is 19.7 Å². The summed E-state index contributed by atoms with van der Waals surface area (Å²) in [5.74, 6) is 1.47. The van der Waals surface area contributed by atoms with Crippen LogP contribution in [0.25, 0.3) is 0 Å². The monoisotopic (exact) mass is 318 g/mol. The van der Waals surface area contributed by atoms with Crippen molar-refractivity contribution >= 4 is 5.95 Å². The predicted molar refractivity (Wildman–Crippen MR) is 87.8 cm³/mol. The summed E-state index contributed by atoms with van der Waals surface area (Å²) in [6, 6.07) is 2.09. The van der Waals surface area contributed by atoms with Gasteiger partial charge in [0.15, 0.2) is 0 Å². The number of anilines is 1. The second-order valence-corrected chi connectivity index (χ2v) is 6.95. The van der Waals surface area contributed by atoms with E-state index in [0.717, 1.165) is 38.7 Å². The molecule has 1 aromatic rings. The van der Waals surface area contributed by atoms with Crippen LogP contribution in [0.1, 0.15) is 37.3 Å². The van der Waals surface area contributed by atoms with Gasteiger partial charge in [0.2, 0.25) is 5.95 Å². The van der Waals surface area contributed by atoms with Crippen molar-refractivity contribution in [2.24, 2.45) is 0 Å². The molecule has 23 heavy (non-hydrogen) atoms. The molecular formula is C17H26N4O2. The van der Waals surface area contributed by atoms with Crippen LogP contribution in [0.5, 0.6) is 0 Å². The van der Waals surface area contributed by atoms with Crippen molar-refractivity contribution in [2.45, 2.75) is 37.2 Å². The number of ether oxygens (including phenoxy) is 2. The van der Waals surface area contributed by atoms with E-state index in [1.165, 1.54) is 31.4 Å². The van der Waals surface area contributed by atoms with Gasteiger partial charge in [0.25, 0.3) is 0 Å². The number of rotatable bonds is 2. The van der Waals surface area contributed by atoms with Crippen LogP contribution in [0.15, 0.2) is 12.3 Å². The molecule has 4 rings (SSSR count). The van der Waals surface area contributed by atoms with E-state index in [1.54, 1.807) is 0 Å². The van der Waals surface area contributed by atoms with Crippen molar-refractivity contribution in [1.82, 2.24) is 15.3 Å².